The standard InChI is InChI=1S/C18H23NO/c1-13-7-9-16(10-8-13)17(11-12-19)20-18-14(2)5-4-6-15(18)3/h4-10,17H,11-12,19H2,1-3H3. The molecule has 1 atom stereocenters. The SMILES string of the molecule is Cc1ccc(C(CCN)Oc2c(C)cccc2C)cc1. The molecule has 0 fully saturated rings. The van der Waals surface area contributed by atoms with E-state index in [9.17, 15) is 0 Å². The van der Waals surface area contributed by atoms with Crippen LogP contribution in [0.5, 0.6) is 5.75 Å². The lowest BCUT2D eigenvalue weighted by molar-refractivity contribution is 0.195. The van der Waals surface area contributed by atoms with Crippen LogP contribution in [0.1, 0.15) is 34.8 Å². The molecule has 0 heterocycles. The van der Waals surface area contributed by atoms with Gasteiger partial charge in [-0.2, -0.15) is 0 Å². The fourth-order valence-corrected chi connectivity index (χ4v) is 2.35. The van der Waals surface area contributed by atoms with E-state index in [0.717, 1.165) is 12.2 Å². The first kappa shape index (κ1) is 14.6. The zero-order chi connectivity index (χ0) is 14.5. The minimum Gasteiger partial charge on any atom is -0.485 e. The van der Waals surface area contributed by atoms with Crippen molar-refractivity contribution in [3.8, 4) is 5.75 Å². The molecule has 1 unspecified atom stereocenters. The Morgan fingerprint density at radius 1 is 0.950 bits per heavy atom. The van der Waals surface area contributed by atoms with Gasteiger partial charge >= 0.3 is 0 Å². The molecule has 0 aliphatic carbocycles. The Labute approximate surface area is 121 Å². The van der Waals surface area contributed by atoms with E-state index in [1.165, 1.54) is 22.3 Å². The van der Waals surface area contributed by atoms with Gasteiger partial charge in [0.25, 0.3) is 0 Å². The largest absolute Gasteiger partial charge is 0.485 e. The zero-order valence-corrected chi connectivity index (χ0v) is 12.5. The molecule has 0 bridgehead atoms. The topological polar surface area (TPSA) is 35.2 Å². The highest BCUT2D eigenvalue weighted by molar-refractivity contribution is 5.40. The molecular weight excluding hydrogens is 246 g/mol. The van der Waals surface area contributed by atoms with Crippen LogP contribution < -0.4 is 10.5 Å². The molecule has 2 aromatic rings. The van der Waals surface area contributed by atoms with E-state index >= 15 is 0 Å². The highest BCUT2D eigenvalue weighted by Gasteiger charge is 2.15. The maximum Gasteiger partial charge on any atom is 0.126 e. The van der Waals surface area contributed by atoms with Crippen LogP contribution in [0.15, 0.2) is 42.5 Å². The molecule has 106 valence electrons. The van der Waals surface area contributed by atoms with Crippen molar-refractivity contribution >= 4 is 0 Å². The van der Waals surface area contributed by atoms with Gasteiger partial charge < -0.3 is 10.5 Å². The number of rotatable bonds is 5. The van der Waals surface area contributed by atoms with Gasteiger partial charge in [-0.1, -0.05) is 48.0 Å². The van der Waals surface area contributed by atoms with Crippen LogP contribution >= 0.6 is 0 Å². The fourth-order valence-electron chi connectivity index (χ4n) is 2.35. The number of ether oxygens (including phenoxy) is 1. The molecule has 0 amide bonds. The maximum atomic E-state index is 6.26. The second-order valence-corrected chi connectivity index (χ2v) is 5.32. The molecule has 2 heteroatoms. The monoisotopic (exact) mass is 269 g/mol. The summed E-state index contributed by atoms with van der Waals surface area (Å²) in [6.45, 7) is 6.87. The summed E-state index contributed by atoms with van der Waals surface area (Å²) >= 11 is 0. The molecule has 2 N–H and O–H groups in total. The van der Waals surface area contributed by atoms with E-state index in [-0.39, 0.29) is 6.10 Å². The van der Waals surface area contributed by atoms with Gasteiger partial charge in [-0.25, -0.2) is 0 Å². The van der Waals surface area contributed by atoms with Crippen LogP contribution in [-0.2, 0) is 0 Å². The lowest BCUT2D eigenvalue weighted by Gasteiger charge is -2.22. The van der Waals surface area contributed by atoms with Crippen LogP contribution in [-0.4, -0.2) is 6.54 Å². The van der Waals surface area contributed by atoms with Gasteiger partial charge in [-0.05, 0) is 44.0 Å². The molecular formula is C18H23NO. The third-order valence-electron chi connectivity index (χ3n) is 3.55. The maximum absolute atomic E-state index is 6.26. The van der Waals surface area contributed by atoms with Crippen LogP contribution in [0.25, 0.3) is 0 Å². The second kappa shape index (κ2) is 6.58. The highest BCUT2D eigenvalue weighted by Crippen LogP contribution is 2.30. The van der Waals surface area contributed by atoms with Crippen LogP contribution in [0.2, 0.25) is 0 Å². The molecule has 0 aromatic heterocycles. The number of hydrogen-bond acceptors (Lipinski definition) is 2. The van der Waals surface area contributed by atoms with Crippen molar-refractivity contribution in [2.75, 3.05) is 6.54 Å². The summed E-state index contributed by atoms with van der Waals surface area (Å²) in [4.78, 5) is 0. The summed E-state index contributed by atoms with van der Waals surface area (Å²) in [6, 6.07) is 14.7. The van der Waals surface area contributed by atoms with Gasteiger partial charge in [0.15, 0.2) is 0 Å². The zero-order valence-electron chi connectivity index (χ0n) is 12.5. The van der Waals surface area contributed by atoms with E-state index in [0.29, 0.717) is 6.54 Å². The normalized spacial score (nSPS) is 12.2. The summed E-state index contributed by atoms with van der Waals surface area (Å²) in [5.41, 5.74) is 10.5. The Morgan fingerprint density at radius 2 is 1.55 bits per heavy atom. The van der Waals surface area contributed by atoms with E-state index < -0.39 is 0 Å². The highest BCUT2D eigenvalue weighted by atomic mass is 16.5. The summed E-state index contributed by atoms with van der Waals surface area (Å²) in [5, 5.41) is 0. The quantitative estimate of drug-likeness (QED) is 0.887. The fraction of sp³-hybridized carbons (Fsp3) is 0.333. The predicted molar refractivity (Wildman–Crippen MR) is 84.1 cm³/mol. The van der Waals surface area contributed by atoms with Crippen LogP contribution in [0.4, 0.5) is 0 Å². The molecule has 0 saturated heterocycles. The minimum atomic E-state index is 0.0143. The lowest BCUT2D eigenvalue weighted by Crippen LogP contribution is -2.14. The molecule has 2 aromatic carbocycles. The molecule has 0 saturated carbocycles. The summed E-state index contributed by atoms with van der Waals surface area (Å²) in [6.07, 6.45) is 0.831. The average Bonchev–Trinajstić information content (AvgIpc) is 2.43. The molecule has 2 nitrogen and oxygen atoms in total. The molecule has 0 aliphatic heterocycles. The lowest BCUT2D eigenvalue weighted by atomic mass is 10.0. The Hall–Kier alpha value is -1.80. The van der Waals surface area contributed by atoms with E-state index in [4.69, 9.17) is 10.5 Å². The average molecular weight is 269 g/mol. The van der Waals surface area contributed by atoms with Crippen molar-refractivity contribution in [1.82, 2.24) is 0 Å². The van der Waals surface area contributed by atoms with Gasteiger partial charge in [0.05, 0.1) is 0 Å². The van der Waals surface area contributed by atoms with Gasteiger partial charge in [0.2, 0.25) is 0 Å². The van der Waals surface area contributed by atoms with Crippen LogP contribution in [0.3, 0.4) is 0 Å². The van der Waals surface area contributed by atoms with E-state index in [1.54, 1.807) is 0 Å². The molecule has 0 radical (unpaired) electrons. The molecule has 0 spiro atoms. The Morgan fingerprint density at radius 3 is 2.10 bits per heavy atom. The summed E-state index contributed by atoms with van der Waals surface area (Å²) in [7, 11) is 0. The number of nitrogens with two attached hydrogens (primary N) is 1. The van der Waals surface area contributed by atoms with Gasteiger partial charge in [0, 0.05) is 6.42 Å². The van der Waals surface area contributed by atoms with Crippen molar-refractivity contribution in [3.63, 3.8) is 0 Å². The van der Waals surface area contributed by atoms with Gasteiger partial charge in [0.1, 0.15) is 11.9 Å². The number of hydrogen-bond donors (Lipinski definition) is 1. The third kappa shape index (κ3) is 3.40. The van der Waals surface area contributed by atoms with Crippen molar-refractivity contribution in [1.29, 1.82) is 0 Å². The molecule has 0 aliphatic rings. The van der Waals surface area contributed by atoms with Gasteiger partial charge in [-0.15, -0.1) is 0 Å². The smallest absolute Gasteiger partial charge is 0.126 e. The summed E-state index contributed by atoms with van der Waals surface area (Å²) in [5.74, 6) is 0.978. The third-order valence-corrected chi connectivity index (χ3v) is 3.55. The second-order valence-electron chi connectivity index (χ2n) is 5.32. The van der Waals surface area contributed by atoms with Gasteiger partial charge in [-0.3, -0.25) is 0 Å². The number of para-hydroxylation sites is 1. The minimum absolute atomic E-state index is 0.0143. The van der Waals surface area contributed by atoms with Crippen molar-refractivity contribution in [2.24, 2.45) is 5.73 Å². The molecule has 20 heavy (non-hydrogen) atoms. The first-order chi connectivity index (χ1) is 9.61. The van der Waals surface area contributed by atoms with Crippen molar-refractivity contribution in [3.05, 3.63) is 64.7 Å². The summed E-state index contributed by atoms with van der Waals surface area (Å²) < 4.78 is 6.26. The first-order valence-corrected chi connectivity index (χ1v) is 7.11. The predicted octanol–water partition coefficient (Wildman–Crippen LogP) is 4.08. The van der Waals surface area contributed by atoms with Crippen molar-refractivity contribution in [2.45, 2.75) is 33.3 Å². The van der Waals surface area contributed by atoms with E-state index in [2.05, 4.69) is 63.2 Å². The Bertz CT molecular complexity index is 540. The number of benzene rings is 2. The van der Waals surface area contributed by atoms with E-state index in [1.807, 2.05) is 0 Å². The Kier molecular flexibility index (Phi) is 4.80. The Balaban J connectivity index is 2.28. The first-order valence-electron chi connectivity index (χ1n) is 7.11. The molecule has 2 rings (SSSR count). The van der Waals surface area contributed by atoms with Crippen LogP contribution in [0, 0.1) is 20.8 Å². The number of aryl methyl sites for hydroxylation is 3. The van der Waals surface area contributed by atoms with Crippen molar-refractivity contribution < 1.29 is 4.74 Å².